The Labute approximate surface area is 176 Å². The molecule has 3 rings (SSSR count). The zero-order valence-corrected chi connectivity index (χ0v) is 17.3. The van der Waals surface area contributed by atoms with E-state index in [2.05, 4.69) is 27.8 Å². The first kappa shape index (κ1) is 21.6. The summed E-state index contributed by atoms with van der Waals surface area (Å²) in [5.41, 5.74) is 1.91. The minimum Gasteiger partial charge on any atom is -0.505 e. The lowest BCUT2D eigenvalue weighted by molar-refractivity contribution is -0.127. The Morgan fingerprint density at radius 1 is 1.20 bits per heavy atom. The summed E-state index contributed by atoms with van der Waals surface area (Å²) < 4.78 is 13.5. The van der Waals surface area contributed by atoms with Crippen LogP contribution in [0.5, 0.6) is 5.75 Å². The number of aromatic hydroxyl groups is 1. The van der Waals surface area contributed by atoms with Crippen molar-refractivity contribution in [2.75, 3.05) is 26.2 Å². The van der Waals surface area contributed by atoms with Crippen LogP contribution in [0.2, 0.25) is 0 Å². The number of hydrogen-bond donors (Lipinski definition) is 3. The van der Waals surface area contributed by atoms with Gasteiger partial charge in [0, 0.05) is 38.5 Å². The number of halogens is 1. The molecule has 0 spiro atoms. The first-order valence-corrected chi connectivity index (χ1v) is 10.4. The maximum Gasteiger partial charge on any atom is 0.223 e. The molecule has 1 fully saturated rings. The number of hydrogen-bond acceptors (Lipinski definition) is 3. The third kappa shape index (κ3) is 6.20. The molecule has 160 valence electrons. The number of amides is 1. The Kier molecular flexibility index (Phi) is 7.65. The number of aliphatic imine (C=N–C) groups is 1. The average Bonchev–Trinajstić information content (AvgIpc) is 3.11. The van der Waals surface area contributed by atoms with Crippen LogP contribution in [0.15, 0.2) is 53.5 Å². The van der Waals surface area contributed by atoms with E-state index in [1.807, 2.05) is 30.0 Å². The lowest BCUT2D eigenvalue weighted by Gasteiger charge is -2.18. The van der Waals surface area contributed by atoms with Crippen LogP contribution in [0.3, 0.4) is 0 Å². The number of nitrogens with zero attached hydrogens (tertiary/aromatic N) is 2. The van der Waals surface area contributed by atoms with E-state index in [4.69, 9.17) is 0 Å². The maximum atomic E-state index is 13.5. The van der Waals surface area contributed by atoms with Crippen molar-refractivity contribution in [3.05, 3.63) is 65.5 Å². The normalized spacial score (nSPS) is 16.7. The van der Waals surface area contributed by atoms with E-state index >= 15 is 0 Å². The standard InChI is InChI=1S/C23H29FN4O2/c1-2-25-23(26-14-18-8-9-21(29)20(24)12-18)27-15-19-13-22(30)28(16-19)11-10-17-6-4-3-5-7-17/h3-9,12,19,29H,2,10-11,13-16H2,1H3,(H2,25,26,27). The van der Waals surface area contributed by atoms with Crippen molar-refractivity contribution in [2.24, 2.45) is 10.9 Å². The van der Waals surface area contributed by atoms with Gasteiger partial charge in [0.25, 0.3) is 0 Å². The molecular formula is C23H29FN4O2. The lowest BCUT2D eigenvalue weighted by atomic mass is 10.1. The number of benzene rings is 2. The number of rotatable bonds is 8. The number of phenols is 1. The number of phenolic OH excluding ortho intramolecular Hbond substituents is 1. The molecule has 3 N–H and O–H groups in total. The fourth-order valence-electron chi connectivity index (χ4n) is 3.52. The zero-order valence-electron chi connectivity index (χ0n) is 17.3. The second-order valence-corrected chi connectivity index (χ2v) is 7.51. The Balaban J connectivity index is 1.49. The van der Waals surface area contributed by atoms with E-state index in [1.165, 1.54) is 17.7 Å². The predicted octanol–water partition coefficient (Wildman–Crippen LogP) is 2.68. The number of nitrogens with one attached hydrogen (secondary N) is 2. The van der Waals surface area contributed by atoms with Gasteiger partial charge in [-0.3, -0.25) is 4.79 Å². The summed E-state index contributed by atoms with van der Waals surface area (Å²) in [7, 11) is 0. The molecule has 0 aromatic heterocycles. The highest BCUT2D eigenvalue weighted by Crippen LogP contribution is 2.18. The third-order valence-corrected chi connectivity index (χ3v) is 5.14. The topological polar surface area (TPSA) is 77.0 Å². The van der Waals surface area contributed by atoms with E-state index < -0.39 is 5.82 Å². The Hall–Kier alpha value is -3.09. The van der Waals surface area contributed by atoms with Gasteiger partial charge in [0.1, 0.15) is 0 Å². The highest BCUT2D eigenvalue weighted by molar-refractivity contribution is 5.81. The lowest BCUT2D eigenvalue weighted by Crippen LogP contribution is -2.40. The number of guanidine groups is 1. The monoisotopic (exact) mass is 412 g/mol. The van der Waals surface area contributed by atoms with Crippen LogP contribution in [0.1, 0.15) is 24.5 Å². The molecule has 1 unspecified atom stereocenters. The fraction of sp³-hybridized carbons (Fsp3) is 0.391. The minimum atomic E-state index is -0.652. The maximum absolute atomic E-state index is 13.5. The molecule has 1 heterocycles. The van der Waals surface area contributed by atoms with Crippen molar-refractivity contribution >= 4 is 11.9 Å². The Morgan fingerprint density at radius 3 is 2.73 bits per heavy atom. The van der Waals surface area contributed by atoms with Crippen molar-refractivity contribution < 1.29 is 14.3 Å². The third-order valence-electron chi connectivity index (χ3n) is 5.14. The molecule has 0 radical (unpaired) electrons. The summed E-state index contributed by atoms with van der Waals surface area (Å²) in [5.74, 6) is 0.0276. The van der Waals surface area contributed by atoms with E-state index in [0.717, 1.165) is 19.5 Å². The van der Waals surface area contributed by atoms with Crippen molar-refractivity contribution in [1.82, 2.24) is 15.5 Å². The van der Waals surface area contributed by atoms with Gasteiger partial charge in [-0.1, -0.05) is 36.4 Å². The summed E-state index contributed by atoms with van der Waals surface area (Å²) in [5, 5.41) is 15.7. The SMILES string of the molecule is CCNC(=NCc1ccc(O)c(F)c1)NCC1CC(=O)N(CCc2ccccc2)C1. The molecule has 6 nitrogen and oxygen atoms in total. The van der Waals surface area contributed by atoms with Gasteiger partial charge in [-0.15, -0.1) is 0 Å². The van der Waals surface area contributed by atoms with E-state index in [9.17, 15) is 14.3 Å². The molecule has 0 aliphatic carbocycles. The van der Waals surface area contributed by atoms with Gasteiger partial charge in [-0.05, 0) is 36.6 Å². The molecule has 1 amide bonds. The summed E-state index contributed by atoms with van der Waals surface area (Å²) >= 11 is 0. The number of likely N-dealkylation sites (tertiary alicyclic amines) is 1. The van der Waals surface area contributed by atoms with Gasteiger partial charge in [-0.2, -0.15) is 0 Å². The van der Waals surface area contributed by atoms with Gasteiger partial charge >= 0.3 is 0 Å². The van der Waals surface area contributed by atoms with Gasteiger partial charge in [0.2, 0.25) is 5.91 Å². The first-order chi connectivity index (χ1) is 14.5. The van der Waals surface area contributed by atoms with Gasteiger partial charge in [0.15, 0.2) is 17.5 Å². The molecule has 7 heteroatoms. The summed E-state index contributed by atoms with van der Waals surface area (Å²) in [6.07, 6.45) is 1.39. The van der Waals surface area contributed by atoms with Crippen LogP contribution >= 0.6 is 0 Å². The molecule has 0 saturated carbocycles. The summed E-state index contributed by atoms with van der Waals surface area (Å²) in [6.45, 7) is 5.08. The smallest absolute Gasteiger partial charge is 0.223 e. The second kappa shape index (κ2) is 10.6. The van der Waals surface area contributed by atoms with Crippen molar-refractivity contribution in [3.63, 3.8) is 0 Å². The van der Waals surface area contributed by atoms with E-state index in [0.29, 0.717) is 37.6 Å². The van der Waals surface area contributed by atoms with E-state index in [1.54, 1.807) is 6.07 Å². The molecular weight excluding hydrogens is 383 g/mol. The molecule has 2 aromatic carbocycles. The summed E-state index contributed by atoms with van der Waals surface area (Å²) in [4.78, 5) is 18.8. The van der Waals surface area contributed by atoms with Crippen molar-refractivity contribution in [1.29, 1.82) is 0 Å². The quantitative estimate of drug-likeness (QED) is 0.460. The van der Waals surface area contributed by atoms with Gasteiger partial charge in [0.05, 0.1) is 6.54 Å². The van der Waals surface area contributed by atoms with E-state index in [-0.39, 0.29) is 17.6 Å². The van der Waals surface area contributed by atoms with Crippen LogP contribution in [0.4, 0.5) is 4.39 Å². The molecule has 1 aliphatic heterocycles. The minimum absolute atomic E-state index is 0.194. The largest absolute Gasteiger partial charge is 0.505 e. The number of carbonyl (C=O) groups excluding carboxylic acids is 1. The summed E-state index contributed by atoms with van der Waals surface area (Å²) in [6, 6.07) is 14.4. The molecule has 1 aliphatic rings. The van der Waals surface area contributed by atoms with Gasteiger partial charge in [-0.25, -0.2) is 9.38 Å². The van der Waals surface area contributed by atoms with Crippen LogP contribution < -0.4 is 10.6 Å². The molecule has 0 bridgehead atoms. The van der Waals surface area contributed by atoms with Gasteiger partial charge < -0.3 is 20.6 Å². The van der Waals surface area contributed by atoms with Crippen LogP contribution in [0, 0.1) is 11.7 Å². The zero-order chi connectivity index (χ0) is 21.3. The van der Waals surface area contributed by atoms with Crippen LogP contribution in [-0.4, -0.2) is 48.1 Å². The molecule has 1 atom stereocenters. The van der Waals surface area contributed by atoms with Crippen molar-refractivity contribution in [2.45, 2.75) is 26.3 Å². The molecule has 1 saturated heterocycles. The fourth-order valence-corrected chi connectivity index (χ4v) is 3.52. The Morgan fingerprint density at radius 2 is 2.00 bits per heavy atom. The number of carbonyl (C=O) groups is 1. The average molecular weight is 413 g/mol. The highest BCUT2D eigenvalue weighted by atomic mass is 19.1. The van der Waals surface area contributed by atoms with Crippen LogP contribution in [-0.2, 0) is 17.8 Å². The highest BCUT2D eigenvalue weighted by Gasteiger charge is 2.29. The predicted molar refractivity (Wildman–Crippen MR) is 116 cm³/mol. The van der Waals surface area contributed by atoms with Crippen molar-refractivity contribution in [3.8, 4) is 5.75 Å². The second-order valence-electron chi connectivity index (χ2n) is 7.51. The van der Waals surface area contributed by atoms with Crippen LogP contribution in [0.25, 0.3) is 0 Å². The Bertz CT molecular complexity index is 873. The molecule has 30 heavy (non-hydrogen) atoms. The molecule has 2 aromatic rings. The first-order valence-electron chi connectivity index (χ1n) is 10.4.